The summed E-state index contributed by atoms with van der Waals surface area (Å²) in [6, 6.07) is 5.45. The Morgan fingerprint density at radius 3 is 2.40 bits per heavy atom. The van der Waals surface area contributed by atoms with Crippen molar-refractivity contribution in [1.29, 1.82) is 0 Å². The number of hydrogen-bond donors (Lipinski definition) is 1. The van der Waals surface area contributed by atoms with Gasteiger partial charge in [-0.25, -0.2) is 0 Å². The summed E-state index contributed by atoms with van der Waals surface area (Å²) in [5.74, 6) is 1.46. The number of nitrogens with one attached hydrogen (secondary N) is 1. The van der Waals surface area contributed by atoms with E-state index in [0.717, 1.165) is 31.7 Å². The summed E-state index contributed by atoms with van der Waals surface area (Å²) >= 11 is 0. The second kappa shape index (κ2) is 8.51. The lowest BCUT2D eigenvalue weighted by atomic mass is 10.0. The molecule has 0 radical (unpaired) electrons. The van der Waals surface area contributed by atoms with Crippen LogP contribution in [-0.4, -0.2) is 82.4 Å². The molecule has 2 saturated heterocycles. The lowest BCUT2D eigenvalue weighted by molar-refractivity contribution is -0.141. The molecule has 7 heteroatoms. The van der Waals surface area contributed by atoms with E-state index in [1.165, 1.54) is 0 Å². The maximum Gasteiger partial charge on any atom is 0.244 e. The van der Waals surface area contributed by atoms with Crippen molar-refractivity contribution in [2.24, 2.45) is 0 Å². The van der Waals surface area contributed by atoms with Crippen molar-refractivity contribution < 1.29 is 19.0 Å². The van der Waals surface area contributed by atoms with Gasteiger partial charge in [-0.1, -0.05) is 6.07 Å². The zero-order valence-electron chi connectivity index (χ0n) is 15.0. The predicted octanol–water partition coefficient (Wildman–Crippen LogP) is 0.509. The number of benzene rings is 1. The molecule has 1 atom stereocenters. The summed E-state index contributed by atoms with van der Waals surface area (Å²) in [6.07, 6.45) is 0. The van der Waals surface area contributed by atoms with E-state index in [4.69, 9.17) is 14.2 Å². The number of ether oxygens (including phenoxy) is 3. The average Bonchev–Trinajstić information content (AvgIpc) is 2.69. The van der Waals surface area contributed by atoms with Gasteiger partial charge in [-0.3, -0.25) is 9.69 Å². The van der Waals surface area contributed by atoms with E-state index in [2.05, 4.69) is 10.2 Å². The number of amides is 1. The molecular weight excluding hydrogens is 322 g/mol. The van der Waals surface area contributed by atoms with Crippen LogP contribution in [0.25, 0.3) is 0 Å². The summed E-state index contributed by atoms with van der Waals surface area (Å²) in [5.41, 5.74) is 0.941. The number of carbonyl (C=O) groups is 1. The van der Waals surface area contributed by atoms with Crippen LogP contribution in [0, 0.1) is 0 Å². The quantitative estimate of drug-likeness (QED) is 0.836. The van der Waals surface area contributed by atoms with Crippen molar-refractivity contribution in [2.75, 3.05) is 66.7 Å². The number of rotatable bonds is 5. The van der Waals surface area contributed by atoms with Crippen LogP contribution >= 0.6 is 0 Å². The van der Waals surface area contributed by atoms with Gasteiger partial charge in [0.2, 0.25) is 5.91 Å². The fourth-order valence-electron chi connectivity index (χ4n) is 3.43. The van der Waals surface area contributed by atoms with E-state index in [1.807, 2.05) is 23.1 Å². The van der Waals surface area contributed by atoms with Gasteiger partial charge in [0.1, 0.15) is 6.04 Å². The fourth-order valence-corrected chi connectivity index (χ4v) is 3.43. The van der Waals surface area contributed by atoms with Crippen LogP contribution in [0.3, 0.4) is 0 Å². The second-order valence-electron chi connectivity index (χ2n) is 6.24. The molecule has 2 fully saturated rings. The molecule has 1 N–H and O–H groups in total. The van der Waals surface area contributed by atoms with Gasteiger partial charge < -0.3 is 24.4 Å². The van der Waals surface area contributed by atoms with E-state index in [9.17, 15) is 4.79 Å². The third kappa shape index (κ3) is 4.05. The van der Waals surface area contributed by atoms with Crippen LogP contribution in [0.15, 0.2) is 18.2 Å². The third-order valence-electron chi connectivity index (χ3n) is 4.80. The molecule has 3 rings (SSSR count). The molecule has 7 nitrogen and oxygen atoms in total. The van der Waals surface area contributed by atoms with Gasteiger partial charge in [-0.15, -0.1) is 0 Å². The van der Waals surface area contributed by atoms with Gasteiger partial charge in [-0.2, -0.15) is 0 Å². The first-order valence-electron chi connectivity index (χ1n) is 8.78. The summed E-state index contributed by atoms with van der Waals surface area (Å²) in [7, 11) is 3.23. The number of nitrogens with zero attached hydrogens (tertiary/aromatic N) is 2. The van der Waals surface area contributed by atoms with E-state index in [0.29, 0.717) is 37.8 Å². The second-order valence-corrected chi connectivity index (χ2v) is 6.24. The number of morpholine rings is 1. The maximum atomic E-state index is 13.3. The zero-order valence-corrected chi connectivity index (χ0v) is 15.0. The Bertz CT molecular complexity index is 584. The van der Waals surface area contributed by atoms with Gasteiger partial charge in [-0.05, 0) is 17.7 Å². The van der Waals surface area contributed by atoms with Gasteiger partial charge in [0.05, 0.1) is 27.4 Å². The monoisotopic (exact) mass is 349 g/mol. The standard InChI is InChI=1S/C18H27N3O4/c1-23-15-4-3-14(13-16(15)24-2)17(20-7-5-19-6-8-20)18(22)21-9-11-25-12-10-21/h3-4,13,17,19H,5-12H2,1-2H3. The highest BCUT2D eigenvalue weighted by molar-refractivity contribution is 5.83. The average molecular weight is 349 g/mol. The minimum Gasteiger partial charge on any atom is -0.493 e. The molecule has 25 heavy (non-hydrogen) atoms. The van der Waals surface area contributed by atoms with Crippen LogP contribution in [0.5, 0.6) is 11.5 Å². The van der Waals surface area contributed by atoms with E-state index in [-0.39, 0.29) is 11.9 Å². The summed E-state index contributed by atoms with van der Waals surface area (Å²) in [4.78, 5) is 17.4. The number of piperazine rings is 1. The summed E-state index contributed by atoms with van der Waals surface area (Å²) in [6.45, 7) is 5.96. The predicted molar refractivity (Wildman–Crippen MR) is 94.1 cm³/mol. The summed E-state index contributed by atoms with van der Waals surface area (Å²) in [5, 5.41) is 3.35. The van der Waals surface area contributed by atoms with Crippen LogP contribution in [0.1, 0.15) is 11.6 Å². The van der Waals surface area contributed by atoms with Crippen LogP contribution < -0.4 is 14.8 Å². The number of hydrogen-bond acceptors (Lipinski definition) is 6. The minimum absolute atomic E-state index is 0.136. The molecule has 0 aliphatic carbocycles. The minimum atomic E-state index is -0.306. The highest BCUT2D eigenvalue weighted by atomic mass is 16.5. The first kappa shape index (κ1) is 18.0. The molecule has 1 aromatic rings. The molecule has 1 aromatic carbocycles. The Morgan fingerprint density at radius 2 is 1.76 bits per heavy atom. The smallest absolute Gasteiger partial charge is 0.244 e. The van der Waals surface area contributed by atoms with Gasteiger partial charge in [0.15, 0.2) is 11.5 Å². The molecule has 2 heterocycles. The maximum absolute atomic E-state index is 13.3. The number of methoxy groups -OCH3 is 2. The van der Waals surface area contributed by atoms with Crippen LogP contribution in [-0.2, 0) is 9.53 Å². The highest BCUT2D eigenvalue weighted by Gasteiger charge is 2.33. The largest absolute Gasteiger partial charge is 0.493 e. The van der Waals surface area contributed by atoms with Crippen molar-refractivity contribution >= 4 is 5.91 Å². The fraction of sp³-hybridized carbons (Fsp3) is 0.611. The van der Waals surface area contributed by atoms with Crippen molar-refractivity contribution in [1.82, 2.24) is 15.1 Å². The van der Waals surface area contributed by atoms with Crippen LogP contribution in [0.4, 0.5) is 0 Å². The summed E-state index contributed by atoms with van der Waals surface area (Å²) < 4.78 is 16.2. The topological polar surface area (TPSA) is 63.3 Å². The van der Waals surface area contributed by atoms with E-state index in [1.54, 1.807) is 14.2 Å². The normalized spacial score (nSPS) is 20.2. The zero-order chi connectivity index (χ0) is 17.6. The Labute approximate surface area is 148 Å². The highest BCUT2D eigenvalue weighted by Crippen LogP contribution is 2.33. The Kier molecular flexibility index (Phi) is 6.12. The molecule has 0 bridgehead atoms. The van der Waals surface area contributed by atoms with Crippen molar-refractivity contribution in [3.8, 4) is 11.5 Å². The molecule has 2 aliphatic rings. The van der Waals surface area contributed by atoms with Crippen molar-refractivity contribution in [3.05, 3.63) is 23.8 Å². The lowest BCUT2D eigenvalue weighted by Crippen LogP contribution is -2.52. The Balaban J connectivity index is 1.91. The molecule has 1 unspecified atom stereocenters. The van der Waals surface area contributed by atoms with Crippen LogP contribution in [0.2, 0.25) is 0 Å². The van der Waals surface area contributed by atoms with E-state index < -0.39 is 0 Å². The van der Waals surface area contributed by atoms with Gasteiger partial charge in [0, 0.05) is 39.3 Å². The Hall–Kier alpha value is -1.83. The number of carbonyl (C=O) groups excluding carboxylic acids is 1. The molecule has 0 spiro atoms. The first-order chi connectivity index (χ1) is 12.2. The van der Waals surface area contributed by atoms with Gasteiger partial charge >= 0.3 is 0 Å². The Morgan fingerprint density at radius 1 is 1.08 bits per heavy atom. The van der Waals surface area contributed by atoms with E-state index >= 15 is 0 Å². The lowest BCUT2D eigenvalue weighted by Gasteiger charge is -2.38. The van der Waals surface area contributed by atoms with Crippen molar-refractivity contribution in [3.63, 3.8) is 0 Å². The SMILES string of the molecule is COc1ccc(C(C(=O)N2CCOCC2)N2CCNCC2)cc1OC. The first-order valence-corrected chi connectivity index (χ1v) is 8.78. The molecule has 1 amide bonds. The molecule has 0 saturated carbocycles. The molecule has 2 aliphatic heterocycles. The molecular formula is C18H27N3O4. The third-order valence-corrected chi connectivity index (χ3v) is 4.80. The van der Waals surface area contributed by atoms with Gasteiger partial charge in [0.25, 0.3) is 0 Å². The van der Waals surface area contributed by atoms with Crippen molar-refractivity contribution in [2.45, 2.75) is 6.04 Å². The molecule has 138 valence electrons. The molecule has 0 aromatic heterocycles.